The summed E-state index contributed by atoms with van der Waals surface area (Å²) in [6.45, 7) is 4.06. The van der Waals surface area contributed by atoms with Crippen molar-refractivity contribution in [3.8, 4) is 0 Å². The van der Waals surface area contributed by atoms with E-state index in [2.05, 4.69) is 21.2 Å². The number of halogens is 1. The standard InChI is InChI=1S/C12H15BrN2O3S/c1-6(3-8(14)12(17)18)5-15-11(16)9-4-7(2)10(13)19-9/h4,6,14H,3,5H2,1-2H3,(H,15,16)(H,17,18)/t6-/m1/s1. The molecule has 1 aromatic heterocycles. The highest BCUT2D eigenvalue weighted by Crippen LogP contribution is 2.27. The predicted molar refractivity (Wildman–Crippen MR) is 78.2 cm³/mol. The Balaban J connectivity index is 2.46. The lowest BCUT2D eigenvalue weighted by Crippen LogP contribution is -2.29. The zero-order valence-electron chi connectivity index (χ0n) is 10.6. The summed E-state index contributed by atoms with van der Waals surface area (Å²) in [7, 11) is 0. The van der Waals surface area contributed by atoms with Crippen molar-refractivity contribution in [1.82, 2.24) is 5.32 Å². The van der Waals surface area contributed by atoms with Crippen molar-refractivity contribution in [3.63, 3.8) is 0 Å². The van der Waals surface area contributed by atoms with Gasteiger partial charge in [-0.2, -0.15) is 0 Å². The minimum Gasteiger partial charge on any atom is -0.477 e. The van der Waals surface area contributed by atoms with Gasteiger partial charge in [0.2, 0.25) is 0 Å². The van der Waals surface area contributed by atoms with Gasteiger partial charge in [-0.3, -0.25) is 10.2 Å². The molecule has 0 unspecified atom stereocenters. The minimum atomic E-state index is -1.21. The molecule has 19 heavy (non-hydrogen) atoms. The van der Waals surface area contributed by atoms with E-state index in [1.54, 1.807) is 13.0 Å². The number of hydrogen-bond donors (Lipinski definition) is 3. The van der Waals surface area contributed by atoms with Gasteiger partial charge in [0, 0.05) is 13.0 Å². The predicted octanol–water partition coefficient (Wildman–Crippen LogP) is 2.68. The molecule has 1 rings (SSSR count). The Morgan fingerprint density at radius 2 is 2.21 bits per heavy atom. The smallest absolute Gasteiger partial charge is 0.349 e. The van der Waals surface area contributed by atoms with Crippen LogP contribution in [0.1, 0.15) is 28.6 Å². The van der Waals surface area contributed by atoms with Gasteiger partial charge in [-0.1, -0.05) is 6.92 Å². The Bertz CT molecular complexity index is 494. The molecule has 3 N–H and O–H groups in total. The highest BCUT2D eigenvalue weighted by atomic mass is 79.9. The van der Waals surface area contributed by atoms with E-state index in [0.717, 1.165) is 9.35 Å². The van der Waals surface area contributed by atoms with Crippen LogP contribution in [0.25, 0.3) is 0 Å². The van der Waals surface area contributed by atoms with Gasteiger partial charge >= 0.3 is 5.97 Å². The van der Waals surface area contributed by atoms with E-state index >= 15 is 0 Å². The summed E-state index contributed by atoms with van der Waals surface area (Å²) in [5, 5.41) is 18.6. The molecule has 0 aromatic carbocycles. The monoisotopic (exact) mass is 346 g/mol. The van der Waals surface area contributed by atoms with E-state index in [1.165, 1.54) is 11.3 Å². The van der Waals surface area contributed by atoms with Crippen LogP contribution in [-0.2, 0) is 4.79 Å². The van der Waals surface area contributed by atoms with Crippen LogP contribution in [-0.4, -0.2) is 29.2 Å². The van der Waals surface area contributed by atoms with E-state index in [4.69, 9.17) is 10.5 Å². The summed E-state index contributed by atoms with van der Waals surface area (Å²) < 4.78 is 0.929. The zero-order chi connectivity index (χ0) is 14.6. The van der Waals surface area contributed by atoms with Gasteiger partial charge in [0.05, 0.1) is 8.66 Å². The molecule has 5 nitrogen and oxygen atoms in total. The summed E-state index contributed by atoms with van der Waals surface area (Å²) in [6.07, 6.45) is 0.142. The number of thiophene rings is 1. The molecule has 0 radical (unpaired) electrons. The number of carboxylic acids is 1. The van der Waals surface area contributed by atoms with Gasteiger partial charge < -0.3 is 10.4 Å². The number of aryl methyl sites for hydroxylation is 1. The third-order valence-corrected chi connectivity index (χ3v) is 4.64. The molecule has 0 bridgehead atoms. The van der Waals surface area contributed by atoms with Gasteiger partial charge in [-0.05, 0) is 40.4 Å². The molecule has 0 saturated heterocycles. The molecule has 1 heterocycles. The number of rotatable bonds is 6. The van der Waals surface area contributed by atoms with E-state index in [-0.39, 0.29) is 24.0 Å². The topological polar surface area (TPSA) is 90.3 Å². The summed E-state index contributed by atoms with van der Waals surface area (Å²) in [5.74, 6) is -1.47. The SMILES string of the molecule is Cc1cc(C(=O)NC[C@H](C)CC(=N)C(=O)O)sc1Br. The molecule has 7 heteroatoms. The first-order chi connectivity index (χ1) is 8.81. The third kappa shape index (κ3) is 4.76. The quantitative estimate of drug-likeness (QED) is 0.691. The zero-order valence-corrected chi connectivity index (χ0v) is 13.0. The molecule has 1 atom stereocenters. The van der Waals surface area contributed by atoms with Crippen molar-refractivity contribution in [1.29, 1.82) is 5.41 Å². The Hall–Kier alpha value is -1.21. The van der Waals surface area contributed by atoms with Gasteiger partial charge in [-0.15, -0.1) is 11.3 Å². The molecule has 0 fully saturated rings. The van der Waals surface area contributed by atoms with Crippen LogP contribution in [0, 0.1) is 18.3 Å². The van der Waals surface area contributed by atoms with Gasteiger partial charge in [0.1, 0.15) is 5.71 Å². The second kappa shape index (κ2) is 6.81. The second-order valence-electron chi connectivity index (χ2n) is 4.37. The molecule has 0 spiro atoms. The minimum absolute atomic E-state index is 0.0861. The Morgan fingerprint density at radius 3 is 2.68 bits per heavy atom. The number of aliphatic carboxylic acids is 1. The van der Waals surface area contributed by atoms with Crippen molar-refractivity contribution in [3.05, 3.63) is 20.3 Å². The second-order valence-corrected chi connectivity index (χ2v) is 6.74. The number of carbonyl (C=O) groups is 2. The molecule has 0 aliphatic rings. The molecule has 1 aromatic rings. The third-order valence-electron chi connectivity index (χ3n) is 2.50. The number of amides is 1. The Kier molecular flexibility index (Phi) is 5.68. The molecular weight excluding hydrogens is 332 g/mol. The van der Waals surface area contributed by atoms with Crippen LogP contribution in [0.15, 0.2) is 9.85 Å². The van der Waals surface area contributed by atoms with Crippen LogP contribution in [0.2, 0.25) is 0 Å². The average molecular weight is 347 g/mol. The van der Waals surface area contributed by atoms with Crippen molar-refractivity contribution in [2.24, 2.45) is 5.92 Å². The lowest BCUT2D eigenvalue weighted by Gasteiger charge is -2.11. The highest BCUT2D eigenvalue weighted by Gasteiger charge is 2.15. The lowest BCUT2D eigenvalue weighted by molar-refractivity contribution is -0.129. The first kappa shape index (κ1) is 15.8. The highest BCUT2D eigenvalue weighted by molar-refractivity contribution is 9.11. The van der Waals surface area contributed by atoms with Gasteiger partial charge in [0.25, 0.3) is 5.91 Å². The van der Waals surface area contributed by atoms with Crippen LogP contribution in [0.4, 0.5) is 0 Å². The van der Waals surface area contributed by atoms with Crippen LogP contribution in [0.5, 0.6) is 0 Å². The fourth-order valence-corrected chi connectivity index (χ4v) is 2.88. The normalized spacial score (nSPS) is 11.9. The van der Waals surface area contributed by atoms with Crippen LogP contribution < -0.4 is 5.32 Å². The maximum absolute atomic E-state index is 11.8. The summed E-state index contributed by atoms with van der Waals surface area (Å²) in [4.78, 5) is 23.0. The molecular formula is C12H15BrN2O3S. The molecule has 0 aliphatic carbocycles. The molecule has 104 valence electrons. The van der Waals surface area contributed by atoms with Crippen molar-refractivity contribution < 1.29 is 14.7 Å². The van der Waals surface area contributed by atoms with E-state index in [0.29, 0.717) is 11.4 Å². The molecule has 0 saturated carbocycles. The number of hydrogen-bond acceptors (Lipinski definition) is 4. The fraction of sp³-hybridized carbons (Fsp3) is 0.417. The maximum Gasteiger partial charge on any atom is 0.349 e. The number of carbonyl (C=O) groups excluding carboxylic acids is 1. The molecule has 1 amide bonds. The largest absolute Gasteiger partial charge is 0.477 e. The fourth-order valence-electron chi connectivity index (χ4n) is 1.43. The van der Waals surface area contributed by atoms with Crippen molar-refractivity contribution in [2.45, 2.75) is 20.3 Å². The van der Waals surface area contributed by atoms with Crippen LogP contribution >= 0.6 is 27.3 Å². The first-order valence-electron chi connectivity index (χ1n) is 5.66. The summed E-state index contributed by atoms with van der Waals surface area (Å²) >= 11 is 4.72. The van der Waals surface area contributed by atoms with E-state index < -0.39 is 5.97 Å². The maximum atomic E-state index is 11.8. The Labute approximate surface area is 123 Å². The Morgan fingerprint density at radius 1 is 1.58 bits per heavy atom. The van der Waals surface area contributed by atoms with E-state index in [9.17, 15) is 9.59 Å². The van der Waals surface area contributed by atoms with Crippen LogP contribution in [0.3, 0.4) is 0 Å². The average Bonchev–Trinajstić information content (AvgIpc) is 2.66. The molecule has 0 aliphatic heterocycles. The summed E-state index contributed by atoms with van der Waals surface area (Å²) in [6, 6.07) is 1.80. The van der Waals surface area contributed by atoms with Gasteiger partial charge in [-0.25, -0.2) is 4.79 Å². The van der Waals surface area contributed by atoms with Crippen molar-refractivity contribution in [2.75, 3.05) is 6.54 Å². The summed E-state index contributed by atoms with van der Waals surface area (Å²) in [5.41, 5.74) is 0.673. The van der Waals surface area contributed by atoms with E-state index in [1.807, 2.05) is 6.92 Å². The number of nitrogens with one attached hydrogen (secondary N) is 2. The van der Waals surface area contributed by atoms with Crippen molar-refractivity contribution >= 4 is 44.9 Å². The van der Waals surface area contributed by atoms with Gasteiger partial charge in [0.15, 0.2) is 0 Å². The number of carboxylic acid groups (broad SMARTS) is 1. The first-order valence-corrected chi connectivity index (χ1v) is 7.27. The lowest BCUT2D eigenvalue weighted by atomic mass is 10.0.